The quantitative estimate of drug-likeness (QED) is 0.307. The number of halogens is 4. The van der Waals surface area contributed by atoms with Crippen LogP contribution in [-0.2, 0) is 16.2 Å². The van der Waals surface area contributed by atoms with Crippen LogP contribution in [0.3, 0.4) is 0 Å². The number of hydrogen-bond donors (Lipinski definition) is 0. The maximum atomic E-state index is 13.3. The summed E-state index contributed by atoms with van der Waals surface area (Å²) in [7, 11) is -3.76. The van der Waals surface area contributed by atoms with Gasteiger partial charge in [-0.15, -0.1) is 0 Å². The van der Waals surface area contributed by atoms with Crippen molar-refractivity contribution >= 4 is 41.8 Å². The number of aryl methyl sites for hydroxylation is 1. The molecule has 1 aliphatic rings. The second kappa shape index (κ2) is 9.67. The van der Waals surface area contributed by atoms with Crippen molar-refractivity contribution in [1.29, 1.82) is 0 Å². The van der Waals surface area contributed by atoms with E-state index in [0.29, 0.717) is 5.56 Å². The number of nitrogens with zero attached hydrogens (tertiary/aromatic N) is 1. The second-order valence-electron chi connectivity index (χ2n) is 7.96. The van der Waals surface area contributed by atoms with E-state index in [9.17, 15) is 21.6 Å². The van der Waals surface area contributed by atoms with E-state index < -0.39 is 21.8 Å². The van der Waals surface area contributed by atoms with Gasteiger partial charge >= 0.3 is 6.18 Å². The molecule has 0 fully saturated rings. The Morgan fingerprint density at radius 3 is 2.12 bits per heavy atom. The summed E-state index contributed by atoms with van der Waals surface area (Å²) >= 11 is 2.18. The fourth-order valence-electron chi connectivity index (χ4n) is 3.76. The Morgan fingerprint density at radius 2 is 1.53 bits per heavy atom. The lowest BCUT2D eigenvalue weighted by Crippen LogP contribution is -2.36. The molecule has 0 bridgehead atoms. The van der Waals surface area contributed by atoms with Gasteiger partial charge in [0.1, 0.15) is 0 Å². The third kappa shape index (κ3) is 5.13. The molecule has 0 spiro atoms. The van der Waals surface area contributed by atoms with E-state index in [1.807, 2.05) is 37.3 Å². The Balaban J connectivity index is 1.79. The van der Waals surface area contributed by atoms with Crippen LogP contribution in [-0.4, -0.2) is 25.8 Å². The minimum absolute atomic E-state index is 0.107. The zero-order valence-electron chi connectivity index (χ0n) is 18.2. The molecule has 0 atom stereocenters. The van der Waals surface area contributed by atoms with E-state index in [0.717, 1.165) is 38.0 Å². The van der Waals surface area contributed by atoms with Crippen LogP contribution in [0.2, 0.25) is 0 Å². The van der Waals surface area contributed by atoms with Gasteiger partial charge < -0.3 is 0 Å². The zero-order chi connectivity index (χ0) is 24.5. The topological polar surface area (TPSA) is 37.4 Å². The number of hydrogen-bond acceptors (Lipinski definition) is 2. The zero-order valence-corrected chi connectivity index (χ0v) is 21.2. The summed E-state index contributed by atoms with van der Waals surface area (Å²) in [5, 5.41) is 0. The van der Waals surface area contributed by atoms with Crippen LogP contribution in [0, 0.1) is 6.92 Å². The van der Waals surface area contributed by atoms with Crippen molar-refractivity contribution in [2.75, 3.05) is 13.1 Å². The van der Waals surface area contributed by atoms with Gasteiger partial charge in [-0.05, 0) is 76.1 Å². The second-order valence-corrected chi connectivity index (χ2v) is 11.0. The van der Waals surface area contributed by atoms with Crippen LogP contribution < -0.4 is 0 Å². The minimum Gasteiger partial charge on any atom is -0.207 e. The van der Waals surface area contributed by atoms with Crippen molar-refractivity contribution in [1.82, 2.24) is 4.31 Å². The van der Waals surface area contributed by atoms with Crippen molar-refractivity contribution in [3.05, 3.63) is 113 Å². The van der Waals surface area contributed by atoms with Crippen molar-refractivity contribution in [3.63, 3.8) is 0 Å². The highest BCUT2D eigenvalue weighted by atomic mass is 127. The summed E-state index contributed by atoms with van der Waals surface area (Å²) in [5.74, 6) is 0. The lowest BCUT2D eigenvalue weighted by atomic mass is 9.93. The molecule has 0 unspecified atom stereocenters. The van der Waals surface area contributed by atoms with Gasteiger partial charge in [-0.25, -0.2) is 8.42 Å². The summed E-state index contributed by atoms with van der Waals surface area (Å²) in [6, 6.07) is 21.2. The van der Waals surface area contributed by atoms with Gasteiger partial charge in [0, 0.05) is 16.7 Å². The highest BCUT2D eigenvalue weighted by Crippen LogP contribution is 2.39. The molecule has 34 heavy (non-hydrogen) atoms. The van der Waals surface area contributed by atoms with Crippen LogP contribution >= 0.6 is 22.6 Å². The Bertz CT molecular complexity index is 1350. The first kappa shape index (κ1) is 24.7. The fraction of sp³-hybridized carbons (Fsp3) is 0.154. The molecular formula is C26H21F3INO2S. The largest absolute Gasteiger partial charge is 0.416 e. The summed E-state index contributed by atoms with van der Waals surface area (Å²) in [6.07, 6.45) is -2.65. The molecule has 0 N–H and O–H groups in total. The van der Waals surface area contributed by atoms with Gasteiger partial charge in [-0.3, -0.25) is 0 Å². The third-order valence-electron chi connectivity index (χ3n) is 5.63. The summed E-state index contributed by atoms with van der Waals surface area (Å²) in [6.45, 7) is 2.12. The number of sulfonamides is 1. The highest BCUT2D eigenvalue weighted by Gasteiger charge is 2.32. The first-order chi connectivity index (χ1) is 16.1. The van der Waals surface area contributed by atoms with E-state index in [-0.39, 0.29) is 18.0 Å². The maximum Gasteiger partial charge on any atom is 0.416 e. The smallest absolute Gasteiger partial charge is 0.207 e. The molecule has 0 radical (unpaired) electrons. The van der Waals surface area contributed by atoms with E-state index in [1.165, 1.54) is 16.4 Å². The van der Waals surface area contributed by atoms with Crippen LogP contribution in [0.1, 0.15) is 22.3 Å². The molecule has 1 aliphatic heterocycles. The third-order valence-corrected chi connectivity index (χ3v) is 8.73. The molecule has 0 amide bonds. The number of rotatable bonds is 4. The van der Waals surface area contributed by atoms with E-state index in [4.69, 9.17) is 0 Å². The minimum atomic E-state index is -4.42. The molecule has 0 aromatic heterocycles. The van der Waals surface area contributed by atoms with Gasteiger partial charge in [-0.2, -0.15) is 17.5 Å². The van der Waals surface area contributed by atoms with E-state index in [1.54, 1.807) is 30.3 Å². The van der Waals surface area contributed by atoms with Gasteiger partial charge in [-0.1, -0.05) is 66.2 Å². The molecule has 3 aromatic carbocycles. The predicted octanol–water partition coefficient (Wildman–Crippen LogP) is 6.95. The lowest BCUT2D eigenvalue weighted by molar-refractivity contribution is -0.137. The molecule has 176 valence electrons. The van der Waals surface area contributed by atoms with Crippen LogP contribution in [0.5, 0.6) is 0 Å². The molecule has 4 rings (SSSR count). The first-order valence-corrected chi connectivity index (χ1v) is 13.0. The molecular weight excluding hydrogens is 574 g/mol. The van der Waals surface area contributed by atoms with Crippen LogP contribution in [0.4, 0.5) is 13.2 Å². The molecule has 8 heteroatoms. The van der Waals surface area contributed by atoms with Gasteiger partial charge in [0.15, 0.2) is 0 Å². The van der Waals surface area contributed by atoms with Crippen molar-refractivity contribution < 1.29 is 21.6 Å². The Morgan fingerprint density at radius 1 is 0.912 bits per heavy atom. The van der Waals surface area contributed by atoms with Crippen molar-refractivity contribution in [2.45, 2.75) is 18.0 Å². The Hall–Kier alpha value is -2.43. The Labute approximate surface area is 210 Å². The summed E-state index contributed by atoms with van der Waals surface area (Å²) in [5.41, 5.74) is 3.23. The molecule has 0 aliphatic carbocycles. The standard InChI is InChI=1S/C26H21F3INO2S/c1-18-7-13-22(14-8-18)34(32,33)31-16-15-23(19-9-11-21(12-10-19)26(27,28)29)24(17-31)25(30)20-5-3-2-4-6-20/h2-15H,16-17H2,1H3/b25-24-. The monoisotopic (exact) mass is 595 g/mol. The molecule has 0 saturated heterocycles. The SMILES string of the molecule is Cc1ccc(S(=O)(=O)N2CC=C(c3ccc(C(F)(F)F)cc3)/C(=C(\I)c3ccccc3)C2)cc1. The predicted molar refractivity (Wildman–Crippen MR) is 137 cm³/mol. The molecule has 0 saturated carbocycles. The summed E-state index contributed by atoms with van der Waals surface area (Å²) < 4.78 is 68.1. The fourth-order valence-corrected chi connectivity index (χ4v) is 5.93. The van der Waals surface area contributed by atoms with Gasteiger partial charge in [0.25, 0.3) is 0 Å². The molecule has 1 heterocycles. The number of alkyl halides is 3. The van der Waals surface area contributed by atoms with Gasteiger partial charge in [0.2, 0.25) is 10.0 Å². The van der Waals surface area contributed by atoms with Crippen LogP contribution in [0.25, 0.3) is 9.15 Å². The van der Waals surface area contributed by atoms with Gasteiger partial charge in [0.05, 0.1) is 10.5 Å². The Kier molecular flexibility index (Phi) is 7.02. The van der Waals surface area contributed by atoms with E-state index in [2.05, 4.69) is 22.6 Å². The van der Waals surface area contributed by atoms with Crippen LogP contribution in [0.15, 0.2) is 95.4 Å². The average molecular weight is 595 g/mol. The first-order valence-electron chi connectivity index (χ1n) is 10.5. The molecule has 3 nitrogen and oxygen atoms in total. The lowest BCUT2D eigenvalue weighted by Gasteiger charge is -2.29. The van der Waals surface area contributed by atoms with E-state index >= 15 is 0 Å². The highest BCUT2D eigenvalue weighted by molar-refractivity contribution is 14.1. The van der Waals surface area contributed by atoms with Crippen molar-refractivity contribution in [2.24, 2.45) is 0 Å². The normalized spacial score (nSPS) is 16.8. The van der Waals surface area contributed by atoms with Crippen molar-refractivity contribution in [3.8, 4) is 0 Å². The summed E-state index contributed by atoms with van der Waals surface area (Å²) in [4.78, 5) is 0.207. The average Bonchev–Trinajstić information content (AvgIpc) is 2.83. The molecule has 3 aromatic rings. The maximum absolute atomic E-state index is 13.3. The number of benzene rings is 3.